The molecule has 0 heterocycles. The zero-order valence-electron chi connectivity index (χ0n) is 11.1. The van der Waals surface area contributed by atoms with Crippen LogP contribution in [0.5, 0.6) is 5.75 Å². The van der Waals surface area contributed by atoms with Gasteiger partial charge in [0.05, 0.1) is 24.2 Å². The van der Waals surface area contributed by atoms with Crippen molar-refractivity contribution in [2.45, 2.75) is 11.8 Å². The lowest BCUT2D eigenvalue weighted by molar-refractivity contribution is -0.118. The highest BCUT2D eigenvalue weighted by Gasteiger charge is 2.26. The summed E-state index contributed by atoms with van der Waals surface area (Å²) >= 11 is 0. The Hall–Kier alpha value is -1.87. The van der Waals surface area contributed by atoms with E-state index in [9.17, 15) is 17.6 Å². The van der Waals surface area contributed by atoms with Crippen molar-refractivity contribution in [1.82, 2.24) is 4.31 Å². The Morgan fingerprint density at radius 3 is 2.45 bits per heavy atom. The molecule has 0 saturated heterocycles. The van der Waals surface area contributed by atoms with Crippen LogP contribution >= 0.6 is 0 Å². The summed E-state index contributed by atoms with van der Waals surface area (Å²) in [6.07, 6.45) is 0. The minimum absolute atomic E-state index is 0.0127. The van der Waals surface area contributed by atoms with Crippen molar-refractivity contribution in [2.75, 3.05) is 25.9 Å². The van der Waals surface area contributed by atoms with Crippen molar-refractivity contribution in [3.8, 4) is 5.75 Å². The Kier molecular flexibility index (Phi) is 4.90. The van der Waals surface area contributed by atoms with Gasteiger partial charge in [-0.05, 0) is 12.1 Å². The first-order chi connectivity index (χ1) is 9.23. The molecule has 0 aliphatic carbocycles. The Balaban J connectivity index is 3.31. The molecule has 112 valence electrons. The summed E-state index contributed by atoms with van der Waals surface area (Å²) < 4.78 is 43.7. The minimum atomic E-state index is -4.06. The van der Waals surface area contributed by atoms with E-state index in [0.29, 0.717) is 0 Å². The van der Waals surface area contributed by atoms with E-state index in [1.165, 1.54) is 14.0 Å². The van der Waals surface area contributed by atoms with Crippen LogP contribution in [0.4, 0.5) is 10.1 Å². The Labute approximate surface area is 116 Å². The minimum Gasteiger partial charge on any atom is -0.492 e. The highest BCUT2D eigenvalue weighted by Crippen LogP contribution is 2.29. The van der Waals surface area contributed by atoms with Crippen LogP contribution in [0.2, 0.25) is 0 Å². The van der Waals surface area contributed by atoms with Crippen LogP contribution in [0.25, 0.3) is 0 Å². The van der Waals surface area contributed by atoms with Gasteiger partial charge in [-0.25, -0.2) is 12.8 Å². The molecule has 0 radical (unpaired) electrons. The first kappa shape index (κ1) is 16.2. The highest BCUT2D eigenvalue weighted by atomic mass is 32.2. The van der Waals surface area contributed by atoms with Crippen LogP contribution in [-0.4, -0.2) is 38.8 Å². The number of rotatable bonds is 6. The van der Waals surface area contributed by atoms with Gasteiger partial charge in [0.2, 0.25) is 15.9 Å². The normalized spacial score (nSPS) is 11.6. The number of hydrogen-bond donors (Lipinski definition) is 2. The molecule has 9 heteroatoms. The van der Waals surface area contributed by atoms with Gasteiger partial charge in [0.25, 0.3) is 0 Å². The van der Waals surface area contributed by atoms with E-state index in [-0.39, 0.29) is 22.9 Å². The van der Waals surface area contributed by atoms with Crippen LogP contribution in [0.1, 0.15) is 6.92 Å². The van der Waals surface area contributed by atoms with Gasteiger partial charge in [0.15, 0.2) is 11.6 Å². The van der Waals surface area contributed by atoms with E-state index in [1.54, 1.807) is 0 Å². The lowest BCUT2D eigenvalue weighted by Crippen LogP contribution is -2.38. The van der Waals surface area contributed by atoms with Crippen molar-refractivity contribution >= 4 is 21.6 Å². The van der Waals surface area contributed by atoms with Gasteiger partial charge in [-0.3, -0.25) is 4.79 Å². The fraction of sp³-hybridized carbons (Fsp3) is 0.364. The third kappa shape index (κ3) is 3.17. The SMILES string of the molecule is CCN(CC(N)=O)S(=O)(=O)c1cc(N)c(OC)c(F)c1. The average molecular weight is 305 g/mol. The van der Waals surface area contributed by atoms with Crippen LogP contribution in [0, 0.1) is 5.82 Å². The molecule has 0 saturated carbocycles. The van der Waals surface area contributed by atoms with Crippen molar-refractivity contribution in [2.24, 2.45) is 5.73 Å². The number of likely N-dealkylation sites (N-methyl/N-ethyl adjacent to an activating group) is 1. The number of nitrogen functional groups attached to an aromatic ring is 1. The number of ether oxygens (including phenoxy) is 1. The fourth-order valence-corrected chi connectivity index (χ4v) is 3.11. The predicted octanol–water partition coefficient (Wildman–Crippen LogP) is -0.0876. The van der Waals surface area contributed by atoms with Crippen molar-refractivity contribution in [3.05, 3.63) is 17.9 Å². The van der Waals surface area contributed by atoms with Gasteiger partial charge in [-0.15, -0.1) is 0 Å². The topological polar surface area (TPSA) is 116 Å². The second-order valence-corrected chi connectivity index (χ2v) is 5.86. The first-order valence-electron chi connectivity index (χ1n) is 5.65. The monoisotopic (exact) mass is 305 g/mol. The second-order valence-electron chi connectivity index (χ2n) is 3.93. The van der Waals surface area contributed by atoms with E-state index < -0.39 is 28.3 Å². The van der Waals surface area contributed by atoms with Crippen LogP contribution in [-0.2, 0) is 14.8 Å². The third-order valence-electron chi connectivity index (χ3n) is 2.57. The summed E-state index contributed by atoms with van der Waals surface area (Å²) in [5, 5.41) is 0. The van der Waals surface area contributed by atoms with Gasteiger partial charge < -0.3 is 16.2 Å². The lowest BCUT2D eigenvalue weighted by atomic mass is 10.3. The van der Waals surface area contributed by atoms with Crippen LogP contribution in [0.15, 0.2) is 17.0 Å². The number of halogens is 1. The number of carbonyl (C=O) groups excluding carboxylic acids is 1. The first-order valence-corrected chi connectivity index (χ1v) is 7.09. The molecule has 0 unspecified atom stereocenters. The summed E-state index contributed by atoms with van der Waals surface area (Å²) in [4.78, 5) is 10.5. The Morgan fingerprint density at radius 1 is 1.45 bits per heavy atom. The van der Waals surface area contributed by atoms with Gasteiger partial charge >= 0.3 is 0 Å². The van der Waals surface area contributed by atoms with Gasteiger partial charge in [-0.2, -0.15) is 4.31 Å². The van der Waals surface area contributed by atoms with Gasteiger partial charge in [-0.1, -0.05) is 6.92 Å². The standard InChI is InChI=1S/C11H16FN3O4S/c1-3-15(6-10(14)16)20(17,18)7-4-8(12)11(19-2)9(13)5-7/h4-5H,3,6,13H2,1-2H3,(H2,14,16). The van der Waals surface area contributed by atoms with E-state index in [1.807, 2.05) is 0 Å². The van der Waals surface area contributed by atoms with Crippen LogP contribution < -0.4 is 16.2 Å². The van der Waals surface area contributed by atoms with E-state index in [0.717, 1.165) is 16.4 Å². The second kappa shape index (κ2) is 6.06. The number of sulfonamides is 1. The van der Waals surface area contributed by atoms with Crippen molar-refractivity contribution in [1.29, 1.82) is 0 Å². The predicted molar refractivity (Wildman–Crippen MR) is 71.0 cm³/mol. The molecular weight excluding hydrogens is 289 g/mol. The summed E-state index contributed by atoms with van der Waals surface area (Å²) in [6.45, 7) is 1.05. The number of primary amides is 1. The molecule has 0 aliphatic rings. The molecule has 0 aliphatic heterocycles. The quantitative estimate of drug-likeness (QED) is 0.713. The number of hydrogen-bond acceptors (Lipinski definition) is 5. The zero-order chi connectivity index (χ0) is 15.5. The summed E-state index contributed by atoms with van der Waals surface area (Å²) in [6, 6.07) is 1.86. The largest absolute Gasteiger partial charge is 0.492 e. The Bertz CT molecular complexity index is 595. The summed E-state index contributed by atoms with van der Waals surface area (Å²) in [5.41, 5.74) is 10.4. The van der Waals surface area contributed by atoms with E-state index >= 15 is 0 Å². The number of nitrogens with two attached hydrogens (primary N) is 2. The van der Waals surface area contributed by atoms with Crippen molar-refractivity contribution in [3.63, 3.8) is 0 Å². The molecule has 0 bridgehead atoms. The number of carbonyl (C=O) groups is 1. The van der Waals surface area contributed by atoms with E-state index in [2.05, 4.69) is 0 Å². The number of methoxy groups -OCH3 is 1. The highest BCUT2D eigenvalue weighted by molar-refractivity contribution is 7.89. The number of nitrogens with zero attached hydrogens (tertiary/aromatic N) is 1. The smallest absolute Gasteiger partial charge is 0.243 e. The molecule has 0 fully saturated rings. The molecule has 1 aromatic carbocycles. The molecule has 7 nitrogen and oxygen atoms in total. The Morgan fingerprint density at radius 2 is 2.05 bits per heavy atom. The third-order valence-corrected chi connectivity index (χ3v) is 4.47. The average Bonchev–Trinajstić information content (AvgIpc) is 2.35. The van der Waals surface area contributed by atoms with E-state index in [4.69, 9.17) is 16.2 Å². The van der Waals surface area contributed by atoms with Gasteiger partial charge in [0, 0.05) is 6.54 Å². The van der Waals surface area contributed by atoms with Crippen molar-refractivity contribution < 1.29 is 22.3 Å². The number of benzene rings is 1. The maximum absolute atomic E-state index is 13.7. The fourth-order valence-electron chi connectivity index (χ4n) is 1.64. The molecule has 20 heavy (non-hydrogen) atoms. The molecule has 0 aromatic heterocycles. The molecule has 1 aromatic rings. The van der Waals surface area contributed by atoms with Gasteiger partial charge in [0.1, 0.15) is 0 Å². The summed E-state index contributed by atoms with van der Waals surface area (Å²) in [5.74, 6) is -1.94. The molecule has 1 rings (SSSR count). The molecule has 0 atom stereocenters. The molecule has 1 amide bonds. The lowest BCUT2D eigenvalue weighted by Gasteiger charge is -2.19. The number of amides is 1. The summed E-state index contributed by atoms with van der Waals surface area (Å²) in [7, 11) is -2.84. The van der Waals surface area contributed by atoms with Crippen LogP contribution in [0.3, 0.4) is 0 Å². The number of anilines is 1. The molecule has 4 N–H and O–H groups in total. The molecule has 0 spiro atoms. The maximum atomic E-state index is 13.7. The zero-order valence-corrected chi connectivity index (χ0v) is 11.9. The molecular formula is C11H16FN3O4S. The maximum Gasteiger partial charge on any atom is 0.243 e.